The SMILES string of the molecule is O=C(O)CCCCN1CC(CBr)CC1=O. The minimum atomic E-state index is -0.763. The number of carboxylic acids is 1. The van der Waals surface area contributed by atoms with Gasteiger partial charge in [0.25, 0.3) is 0 Å². The molecule has 0 aromatic heterocycles. The highest BCUT2D eigenvalue weighted by Gasteiger charge is 2.27. The molecule has 1 aliphatic heterocycles. The van der Waals surface area contributed by atoms with Crippen LogP contribution in [0, 0.1) is 5.92 Å². The van der Waals surface area contributed by atoms with Gasteiger partial charge in [-0.05, 0) is 18.8 Å². The van der Waals surface area contributed by atoms with Gasteiger partial charge in [0.1, 0.15) is 0 Å². The normalized spacial score (nSPS) is 21.0. The number of halogens is 1. The number of carbonyl (C=O) groups is 2. The first-order chi connectivity index (χ1) is 7.13. The predicted octanol–water partition coefficient (Wildman–Crippen LogP) is 1.48. The molecule has 0 saturated carbocycles. The van der Waals surface area contributed by atoms with Crippen LogP contribution in [0.3, 0.4) is 0 Å². The second-order valence-electron chi connectivity index (χ2n) is 3.92. The molecule has 0 spiro atoms. The lowest BCUT2D eigenvalue weighted by atomic mass is 10.2. The van der Waals surface area contributed by atoms with Crippen molar-refractivity contribution in [2.45, 2.75) is 25.7 Å². The fourth-order valence-electron chi connectivity index (χ4n) is 1.75. The molecule has 1 saturated heterocycles. The zero-order valence-corrected chi connectivity index (χ0v) is 10.2. The maximum absolute atomic E-state index is 11.5. The number of hydrogen-bond donors (Lipinski definition) is 1. The summed E-state index contributed by atoms with van der Waals surface area (Å²) in [6, 6.07) is 0. The summed E-state index contributed by atoms with van der Waals surface area (Å²) in [5.74, 6) is -0.132. The summed E-state index contributed by atoms with van der Waals surface area (Å²) in [6.45, 7) is 1.52. The van der Waals surface area contributed by atoms with Crippen LogP contribution in [0.4, 0.5) is 0 Å². The summed E-state index contributed by atoms with van der Waals surface area (Å²) in [5.41, 5.74) is 0. The van der Waals surface area contributed by atoms with Gasteiger partial charge in [-0.3, -0.25) is 9.59 Å². The highest BCUT2D eigenvalue weighted by molar-refractivity contribution is 9.09. The molecule has 1 fully saturated rings. The largest absolute Gasteiger partial charge is 0.481 e. The van der Waals surface area contributed by atoms with E-state index in [-0.39, 0.29) is 12.3 Å². The molecule has 1 atom stereocenters. The van der Waals surface area contributed by atoms with Crippen LogP contribution in [-0.2, 0) is 9.59 Å². The van der Waals surface area contributed by atoms with E-state index in [9.17, 15) is 9.59 Å². The molecule has 86 valence electrons. The molecule has 1 amide bonds. The summed E-state index contributed by atoms with van der Waals surface area (Å²) >= 11 is 3.38. The van der Waals surface area contributed by atoms with Gasteiger partial charge in [-0.15, -0.1) is 0 Å². The third kappa shape index (κ3) is 4.20. The van der Waals surface area contributed by atoms with Gasteiger partial charge < -0.3 is 10.0 Å². The number of carbonyl (C=O) groups excluding carboxylic acids is 1. The van der Waals surface area contributed by atoms with Crippen LogP contribution in [0.15, 0.2) is 0 Å². The van der Waals surface area contributed by atoms with E-state index in [1.54, 1.807) is 0 Å². The van der Waals surface area contributed by atoms with E-state index in [0.29, 0.717) is 25.3 Å². The number of nitrogens with zero attached hydrogens (tertiary/aromatic N) is 1. The van der Waals surface area contributed by atoms with E-state index in [1.165, 1.54) is 0 Å². The lowest BCUT2D eigenvalue weighted by molar-refractivity contribution is -0.137. The first kappa shape index (κ1) is 12.5. The number of rotatable bonds is 6. The second kappa shape index (κ2) is 6.10. The van der Waals surface area contributed by atoms with Gasteiger partial charge in [-0.25, -0.2) is 0 Å². The molecule has 5 heteroatoms. The summed E-state index contributed by atoms with van der Waals surface area (Å²) in [7, 11) is 0. The quantitative estimate of drug-likeness (QED) is 0.591. The zero-order chi connectivity index (χ0) is 11.3. The molecule has 1 heterocycles. The number of aliphatic carboxylic acids is 1. The number of carboxylic acid groups (broad SMARTS) is 1. The van der Waals surface area contributed by atoms with Gasteiger partial charge in [0, 0.05) is 31.3 Å². The van der Waals surface area contributed by atoms with E-state index < -0.39 is 5.97 Å². The molecule has 1 aliphatic rings. The third-order valence-electron chi connectivity index (χ3n) is 2.58. The number of unbranched alkanes of at least 4 members (excludes halogenated alkanes) is 1. The topological polar surface area (TPSA) is 57.6 Å². The summed E-state index contributed by atoms with van der Waals surface area (Å²) < 4.78 is 0. The Balaban J connectivity index is 2.16. The Morgan fingerprint density at radius 2 is 2.27 bits per heavy atom. The molecule has 1 rings (SSSR count). The highest BCUT2D eigenvalue weighted by Crippen LogP contribution is 2.19. The van der Waals surface area contributed by atoms with Crippen LogP contribution in [-0.4, -0.2) is 40.3 Å². The average molecular weight is 278 g/mol. The van der Waals surface area contributed by atoms with E-state index in [0.717, 1.165) is 18.3 Å². The molecule has 15 heavy (non-hydrogen) atoms. The molecule has 0 bridgehead atoms. The van der Waals surface area contributed by atoms with Crippen molar-refractivity contribution >= 4 is 27.8 Å². The first-order valence-corrected chi connectivity index (χ1v) is 6.31. The van der Waals surface area contributed by atoms with Gasteiger partial charge in [0.15, 0.2) is 0 Å². The molecular weight excluding hydrogens is 262 g/mol. The van der Waals surface area contributed by atoms with Crippen LogP contribution in [0.5, 0.6) is 0 Å². The Morgan fingerprint density at radius 1 is 1.53 bits per heavy atom. The molecule has 1 N–H and O–H groups in total. The summed E-state index contributed by atoms with van der Waals surface area (Å²) in [4.78, 5) is 23.6. The van der Waals surface area contributed by atoms with Crippen LogP contribution < -0.4 is 0 Å². The monoisotopic (exact) mass is 277 g/mol. The second-order valence-corrected chi connectivity index (χ2v) is 4.56. The van der Waals surface area contributed by atoms with Crippen molar-refractivity contribution in [2.75, 3.05) is 18.4 Å². The smallest absolute Gasteiger partial charge is 0.303 e. The Kier molecular flexibility index (Phi) is 5.08. The Labute approximate surface area is 97.8 Å². The predicted molar refractivity (Wildman–Crippen MR) is 60.0 cm³/mol. The number of hydrogen-bond acceptors (Lipinski definition) is 2. The fourth-order valence-corrected chi connectivity index (χ4v) is 2.19. The minimum absolute atomic E-state index is 0.198. The van der Waals surface area contributed by atoms with Gasteiger partial charge in [-0.2, -0.15) is 0 Å². The number of amides is 1. The van der Waals surface area contributed by atoms with Crippen molar-refractivity contribution in [3.8, 4) is 0 Å². The molecule has 4 nitrogen and oxygen atoms in total. The number of alkyl halides is 1. The van der Waals surface area contributed by atoms with Crippen molar-refractivity contribution in [3.63, 3.8) is 0 Å². The molecule has 0 aliphatic carbocycles. The van der Waals surface area contributed by atoms with E-state index in [4.69, 9.17) is 5.11 Å². The molecule has 1 unspecified atom stereocenters. The van der Waals surface area contributed by atoms with E-state index >= 15 is 0 Å². The van der Waals surface area contributed by atoms with Crippen LogP contribution in [0.25, 0.3) is 0 Å². The van der Waals surface area contributed by atoms with E-state index in [2.05, 4.69) is 15.9 Å². The van der Waals surface area contributed by atoms with Crippen LogP contribution >= 0.6 is 15.9 Å². The lowest BCUT2D eigenvalue weighted by Crippen LogP contribution is -2.26. The van der Waals surface area contributed by atoms with Gasteiger partial charge >= 0.3 is 5.97 Å². The van der Waals surface area contributed by atoms with Crippen molar-refractivity contribution in [1.29, 1.82) is 0 Å². The maximum Gasteiger partial charge on any atom is 0.303 e. The van der Waals surface area contributed by atoms with Crippen molar-refractivity contribution < 1.29 is 14.7 Å². The van der Waals surface area contributed by atoms with Crippen LogP contribution in [0.1, 0.15) is 25.7 Å². The minimum Gasteiger partial charge on any atom is -0.481 e. The van der Waals surface area contributed by atoms with Crippen molar-refractivity contribution in [2.24, 2.45) is 5.92 Å². The summed E-state index contributed by atoms with van der Waals surface area (Å²) in [6.07, 6.45) is 2.26. The van der Waals surface area contributed by atoms with Gasteiger partial charge in [0.05, 0.1) is 0 Å². The Bertz CT molecular complexity index is 245. The Hall–Kier alpha value is -0.580. The van der Waals surface area contributed by atoms with Crippen molar-refractivity contribution in [3.05, 3.63) is 0 Å². The standard InChI is InChI=1S/C10H16BrNO3/c11-6-8-5-9(13)12(7-8)4-2-1-3-10(14)15/h8H,1-7H2,(H,14,15). The van der Waals surface area contributed by atoms with E-state index in [1.807, 2.05) is 4.90 Å². The molecular formula is C10H16BrNO3. The van der Waals surface area contributed by atoms with Crippen LogP contribution in [0.2, 0.25) is 0 Å². The van der Waals surface area contributed by atoms with Crippen molar-refractivity contribution in [1.82, 2.24) is 4.90 Å². The first-order valence-electron chi connectivity index (χ1n) is 5.19. The maximum atomic E-state index is 11.5. The fraction of sp³-hybridized carbons (Fsp3) is 0.800. The lowest BCUT2D eigenvalue weighted by Gasteiger charge is -2.15. The zero-order valence-electron chi connectivity index (χ0n) is 8.62. The van der Waals surface area contributed by atoms with Gasteiger partial charge in [0.2, 0.25) is 5.91 Å². The number of likely N-dealkylation sites (tertiary alicyclic amines) is 1. The highest BCUT2D eigenvalue weighted by atomic mass is 79.9. The molecule has 0 aromatic carbocycles. The third-order valence-corrected chi connectivity index (χ3v) is 3.50. The van der Waals surface area contributed by atoms with Gasteiger partial charge in [-0.1, -0.05) is 15.9 Å². The average Bonchev–Trinajstić information content (AvgIpc) is 2.54. The summed E-state index contributed by atoms with van der Waals surface area (Å²) in [5, 5.41) is 9.32. The molecule has 0 radical (unpaired) electrons. The Morgan fingerprint density at radius 3 is 2.80 bits per heavy atom. The molecule has 0 aromatic rings.